The first kappa shape index (κ1) is 11.4. The molecule has 2 fully saturated rings. The molecule has 0 aromatic carbocycles. The molecule has 0 aromatic heterocycles. The zero-order chi connectivity index (χ0) is 10.5. The van der Waals surface area contributed by atoms with Crippen LogP contribution in [0.1, 0.15) is 45.4 Å². The SMILES string of the molecule is CCC1CCC(NCC2CCOC2)CC1. The monoisotopic (exact) mass is 211 g/mol. The van der Waals surface area contributed by atoms with Gasteiger partial charge in [-0.3, -0.25) is 0 Å². The van der Waals surface area contributed by atoms with Gasteiger partial charge in [0.1, 0.15) is 0 Å². The van der Waals surface area contributed by atoms with Crippen LogP contribution in [0.5, 0.6) is 0 Å². The molecule has 1 unspecified atom stereocenters. The largest absolute Gasteiger partial charge is 0.381 e. The van der Waals surface area contributed by atoms with E-state index in [4.69, 9.17) is 4.74 Å². The average Bonchev–Trinajstić information content (AvgIpc) is 2.80. The first-order valence-corrected chi connectivity index (χ1v) is 6.69. The van der Waals surface area contributed by atoms with Crippen molar-refractivity contribution in [1.82, 2.24) is 5.32 Å². The summed E-state index contributed by atoms with van der Waals surface area (Å²) in [5.74, 6) is 1.80. The summed E-state index contributed by atoms with van der Waals surface area (Å²) < 4.78 is 5.39. The lowest BCUT2D eigenvalue weighted by molar-refractivity contribution is 0.183. The quantitative estimate of drug-likeness (QED) is 0.771. The normalized spacial score (nSPS) is 37.0. The molecule has 1 aliphatic carbocycles. The Morgan fingerprint density at radius 2 is 1.87 bits per heavy atom. The topological polar surface area (TPSA) is 21.3 Å². The molecule has 0 spiro atoms. The lowest BCUT2D eigenvalue weighted by atomic mass is 9.84. The summed E-state index contributed by atoms with van der Waals surface area (Å²) in [5.41, 5.74) is 0. The van der Waals surface area contributed by atoms with Crippen molar-refractivity contribution in [3.63, 3.8) is 0 Å². The van der Waals surface area contributed by atoms with E-state index in [1.165, 1.54) is 45.1 Å². The molecule has 1 N–H and O–H groups in total. The summed E-state index contributed by atoms with van der Waals surface area (Å²) in [5, 5.41) is 3.73. The fourth-order valence-electron chi connectivity index (χ4n) is 2.85. The van der Waals surface area contributed by atoms with Crippen molar-refractivity contribution in [2.24, 2.45) is 11.8 Å². The van der Waals surface area contributed by atoms with Gasteiger partial charge in [-0.25, -0.2) is 0 Å². The van der Waals surface area contributed by atoms with Gasteiger partial charge in [0, 0.05) is 19.2 Å². The number of nitrogens with one attached hydrogen (secondary N) is 1. The molecule has 0 amide bonds. The maximum Gasteiger partial charge on any atom is 0.0507 e. The summed E-state index contributed by atoms with van der Waals surface area (Å²) >= 11 is 0. The minimum atomic E-state index is 0.786. The third kappa shape index (κ3) is 3.46. The second kappa shape index (κ2) is 5.86. The van der Waals surface area contributed by atoms with Gasteiger partial charge >= 0.3 is 0 Å². The van der Waals surface area contributed by atoms with Gasteiger partial charge < -0.3 is 10.1 Å². The number of rotatable bonds is 4. The van der Waals surface area contributed by atoms with Crippen molar-refractivity contribution < 1.29 is 4.74 Å². The van der Waals surface area contributed by atoms with Gasteiger partial charge in [0.25, 0.3) is 0 Å². The van der Waals surface area contributed by atoms with Crippen molar-refractivity contribution in [2.45, 2.75) is 51.5 Å². The zero-order valence-electron chi connectivity index (χ0n) is 10.0. The minimum Gasteiger partial charge on any atom is -0.381 e. The van der Waals surface area contributed by atoms with Crippen LogP contribution in [0.4, 0.5) is 0 Å². The highest BCUT2D eigenvalue weighted by atomic mass is 16.5. The maximum absolute atomic E-state index is 5.39. The van der Waals surface area contributed by atoms with Crippen molar-refractivity contribution in [1.29, 1.82) is 0 Å². The van der Waals surface area contributed by atoms with Crippen LogP contribution >= 0.6 is 0 Å². The van der Waals surface area contributed by atoms with E-state index < -0.39 is 0 Å². The van der Waals surface area contributed by atoms with Gasteiger partial charge in [0.05, 0.1) is 6.61 Å². The highest BCUT2D eigenvalue weighted by Crippen LogP contribution is 2.26. The Hall–Kier alpha value is -0.0800. The Morgan fingerprint density at radius 1 is 1.07 bits per heavy atom. The Morgan fingerprint density at radius 3 is 2.47 bits per heavy atom. The van der Waals surface area contributed by atoms with Crippen LogP contribution in [0, 0.1) is 11.8 Å². The third-order valence-corrected chi connectivity index (χ3v) is 4.14. The molecule has 0 bridgehead atoms. The van der Waals surface area contributed by atoms with E-state index in [1.807, 2.05) is 0 Å². The van der Waals surface area contributed by atoms with Crippen LogP contribution in [0.15, 0.2) is 0 Å². The first-order chi connectivity index (χ1) is 7.38. The van der Waals surface area contributed by atoms with E-state index in [0.717, 1.165) is 31.1 Å². The highest BCUT2D eigenvalue weighted by Gasteiger charge is 2.21. The van der Waals surface area contributed by atoms with Crippen LogP contribution in [0.3, 0.4) is 0 Å². The van der Waals surface area contributed by atoms with Crippen molar-refractivity contribution >= 4 is 0 Å². The van der Waals surface area contributed by atoms with Crippen LogP contribution in [0.25, 0.3) is 0 Å². The second-order valence-corrected chi connectivity index (χ2v) is 5.26. The molecule has 0 radical (unpaired) electrons. The molecule has 2 heteroatoms. The molecule has 2 aliphatic rings. The standard InChI is InChI=1S/C13H25NO/c1-2-11-3-5-13(6-4-11)14-9-12-7-8-15-10-12/h11-14H,2-10H2,1H3. The Labute approximate surface area is 93.8 Å². The summed E-state index contributed by atoms with van der Waals surface area (Å²) in [6.45, 7) is 5.47. The summed E-state index contributed by atoms with van der Waals surface area (Å²) in [4.78, 5) is 0. The van der Waals surface area contributed by atoms with Gasteiger partial charge in [-0.2, -0.15) is 0 Å². The van der Waals surface area contributed by atoms with E-state index >= 15 is 0 Å². The molecule has 1 atom stereocenters. The molecule has 1 heterocycles. The summed E-state index contributed by atoms with van der Waals surface area (Å²) in [6.07, 6.45) is 8.31. The van der Waals surface area contributed by atoms with Crippen LogP contribution in [-0.4, -0.2) is 25.8 Å². The molecule has 1 aliphatic heterocycles. The third-order valence-electron chi connectivity index (χ3n) is 4.14. The van der Waals surface area contributed by atoms with Gasteiger partial charge in [-0.05, 0) is 43.9 Å². The van der Waals surface area contributed by atoms with Crippen LogP contribution in [-0.2, 0) is 4.74 Å². The fourth-order valence-corrected chi connectivity index (χ4v) is 2.85. The number of hydrogen-bond donors (Lipinski definition) is 1. The van der Waals surface area contributed by atoms with E-state index in [2.05, 4.69) is 12.2 Å². The van der Waals surface area contributed by atoms with Gasteiger partial charge in [-0.1, -0.05) is 13.3 Å². The Balaban J connectivity index is 1.59. The lowest BCUT2D eigenvalue weighted by Gasteiger charge is -2.29. The van der Waals surface area contributed by atoms with E-state index in [9.17, 15) is 0 Å². The lowest BCUT2D eigenvalue weighted by Crippen LogP contribution is -2.36. The fraction of sp³-hybridized carbons (Fsp3) is 1.00. The summed E-state index contributed by atoms with van der Waals surface area (Å²) in [6, 6.07) is 0.799. The molecule has 2 rings (SSSR count). The maximum atomic E-state index is 5.39. The zero-order valence-corrected chi connectivity index (χ0v) is 10.0. The molecule has 0 aromatic rings. The Kier molecular flexibility index (Phi) is 4.45. The summed E-state index contributed by atoms with van der Waals surface area (Å²) in [7, 11) is 0. The predicted octanol–water partition coefficient (Wildman–Crippen LogP) is 2.58. The van der Waals surface area contributed by atoms with Crippen molar-refractivity contribution in [2.75, 3.05) is 19.8 Å². The average molecular weight is 211 g/mol. The molecular formula is C13H25NO. The first-order valence-electron chi connectivity index (χ1n) is 6.69. The van der Waals surface area contributed by atoms with Crippen molar-refractivity contribution in [3.05, 3.63) is 0 Å². The smallest absolute Gasteiger partial charge is 0.0507 e. The molecule has 15 heavy (non-hydrogen) atoms. The van der Waals surface area contributed by atoms with Gasteiger partial charge in [0.2, 0.25) is 0 Å². The predicted molar refractivity (Wildman–Crippen MR) is 63.0 cm³/mol. The van der Waals surface area contributed by atoms with Crippen molar-refractivity contribution in [3.8, 4) is 0 Å². The van der Waals surface area contributed by atoms with E-state index in [1.54, 1.807) is 0 Å². The molecule has 88 valence electrons. The molecule has 1 saturated carbocycles. The number of hydrogen-bond acceptors (Lipinski definition) is 2. The van der Waals surface area contributed by atoms with E-state index in [-0.39, 0.29) is 0 Å². The molecular weight excluding hydrogens is 186 g/mol. The molecule has 2 nitrogen and oxygen atoms in total. The van der Waals surface area contributed by atoms with E-state index in [0.29, 0.717) is 0 Å². The number of ether oxygens (including phenoxy) is 1. The van der Waals surface area contributed by atoms with Crippen LogP contribution in [0.2, 0.25) is 0 Å². The molecule has 1 saturated heterocycles. The van der Waals surface area contributed by atoms with Gasteiger partial charge in [0.15, 0.2) is 0 Å². The minimum absolute atomic E-state index is 0.786. The van der Waals surface area contributed by atoms with Gasteiger partial charge in [-0.15, -0.1) is 0 Å². The highest BCUT2D eigenvalue weighted by molar-refractivity contribution is 4.78. The van der Waals surface area contributed by atoms with Crippen LogP contribution < -0.4 is 5.32 Å². The Bertz CT molecular complexity index is 169. The second-order valence-electron chi connectivity index (χ2n) is 5.26.